The number of aromatic nitrogens is 2. The van der Waals surface area contributed by atoms with E-state index in [1.54, 1.807) is 7.11 Å². The zero-order valence-corrected chi connectivity index (χ0v) is 14.8. The average molecular weight is 346 g/mol. The molecule has 6 nitrogen and oxygen atoms in total. The van der Waals surface area contributed by atoms with E-state index in [4.69, 9.17) is 4.74 Å². The summed E-state index contributed by atoms with van der Waals surface area (Å²) in [4.78, 5) is 18.3. The zero-order chi connectivity index (χ0) is 16.9. The van der Waals surface area contributed by atoms with Crippen LogP contribution >= 0.6 is 11.5 Å². The number of methoxy groups -OCH3 is 1. The lowest BCUT2D eigenvalue weighted by Crippen LogP contribution is -2.41. The second kappa shape index (κ2) is 7.61. The number of carbonyl (C=O) groups is 1. The Balaban J connectivity index is 1.47. The van der Waals surface area contributed by atoms with E-state index in [9.17, 15) is 4.79 Å². The van der Waals surface area contributed by atoms with Crippen molar-refractivity contribution >= 4 is 22.7 Å². The van der Waals surface area contributed by atoms with Gasteiger partial charge in [0, 0.05) is 24.6 Å². The van der Waals surface area contributed by atoms with E-state index in [1.165, 1.54) is 17.1 Å². The first-order valence-corrected chi connectivity index (χ1v) is 8.90. The van der Waals surface area contributed by atoms with Crippen molar-refractivity contribution in [3.05, 3.63) is 35.7 Å². The second-order valence-corrected chi connectivity index (χ2v) is 6.81. The van der Waals surface area contributed by atoms with Crippen LogP contribution in [0.1, 0.15) is 24.2 Å². The highest BCUT2D eigenvalue weighted by molar-refractivity contribution is 7.09. The standard InChI is InChI=1S/C17H22N4O2S/c1-12-18-16(24-20-12)19-17(22)21-9-7-14(8-10-21)11-13-3-5-15(23-2)6-4-13/h3-6,14H,7-11H2,1-2H3,(H,18,19,20,22). The van der Waals surface area contributed by atoms with Crippen LogP contribution in [0.25, 0.3) is 0 Å². The number of anilines is 1. The van der Waals surface area contributed by atoms with Crippen molar-refractivity contribution in [2.75, 3.05) is 25.5 Å². The SMILES string of the molecule is COc1ccc(CC2CCN(C(=O)Nc3nc(C)ns3)CC2)cc1. The Morgan fingerprint density at radius 2 is 2.04 bits per heavy atom. The summed E-state index contributed by atoms with van der Waals surface area (Å²) in [6.45, 7) is 3.38. The summed E-state index contributed by atoms with van der Waals surface area (Å²) in [5.41, 5.74) is 1.32. The lowest BCUT2D eigenvalue weighted by molar-refractivity contribution is 0.182. The number of piperidine rings is 1. The molecule has 0 spiro atoms. The number of amides is 2. The minimum absolute atomic E-state index is 0.0750. The largest absolute Gasteiger partial charge is 0.497 e. The third-order valence-electron chi connectivity index (χ3n) is 4.33. The molecule has 128 valence electrons. The zero-order valence-electron chi connectivity index (χ0n) is 14.0. The van der Waals surface area contributed by atoms with Crippen molar-refractivity contribution in [3.8, 4) is 5.75 Å². The van der Waals surface area contributed by atoms with Crippen LogP contribution in [0.15, 0.2) is 24.3 Å². The molecule has 7 heteroatoms. The third-order valence-corrected chi connectivity index (χ3v) is 5.05. The summed E-state index contributed by atoms with van der Waals surface area (Å²) in [5, 5.41) is 3.40. The van der Waals surface area contributed by atoms with E-state index in [0.717, 1.165) is 38.1 Å². The Kier molecular flexibility index (Phi) is 5.30. The van der Waals surface area contributed by atoms with Crippen LogP contribution in [0, 0.1) is 12.8 Å². The molecule has 1 fully saturated rings. The van der Waals surface area contributed by atoms with Crippen LogP contribution in [0.4, 0.5) is 9.93 Å². The second-order valence-electron chi connectivity index (χ2n) is 6.06. The number of hydrogen-bond donors (Lipinski definition) is 1. The van der Waals surface area contributed by atoms with Crippen LogP contribution in [0.3, 0.4) is 0 Å². The number of urea groups is 1. The first-order chi connectivity index (χ1) is 11.6. The van der Waals surface area contributed by atoms with Crippen LogP contribution in [0.2, 0.25) is 0 Å². The van der Waals surface area contributed by atoms with E-state index in [0.29, 0.717) is 16.9 Å². The molecule has 1 aliphatic rings. The molecule has 1 aliphatic heterocycles. The molecule has 0 aliphatic carbocycles. The number of benzene rings is 1. The molecule has 3 rings (SSSR count). The summed E-state index contributed by atoms with van der Waals surface area (Å²) < 4.78 is 9.26. The van der Waals surface area contributed by atoms with E-state index < -0.39 is 0 Å². The van der Waals surface area contributed by atoms with Crippen molar-refractivity contribution in [1.82, 2.24) is 14.3 Å². The molecule has 1 aromatic carbocycles. The Labute approximate surface area is 146 Å². The fourth-order valence-corrected chi connectivity index (χ4v) is 3.52. The van der Waals surface area contributed by atoms with Crippen LogP contribution < -0.4 is 10.1 Å². The summed E-state index contributed by atoms with van der Waals surface area (Å²) >= 11 is 1.22. The number of ether oxygens (including phenoxy) is 1. The number of nitrogens with zero attached hydrogens (tertiary/aromatic N) is 3. The van der Waals surface area contributed by atoms with E-state index in [1.807, 2.05) is 24.0 Å². The number of hydrogen-bond acceptors (Lipinski definition) is 5. The summed E-state index contributed by atoms with van der Waals surface area (Å²) in [6, 6.07) is 8.17. The molecule has 2 heterocycles. The van der Waals surface area contributed by atoms with Crippen LogP contribution in [-0.4, -0.2) is 40.5 Å². The molecule has 24 heavy (non-hydrogen) atoms. The monoisotopic (exact) mass is 346 g/mol. The molecule has 0 unspecified atom stereocenters. The molecule has 0 atom stereocenters. The molecule has 2 amide bonds. The number of rotatable bonds is 4. The van der Waals surface area contributed by atoms with Gasteiger partial charge in [0.2, 0.25) is 5.13 Å². The smallest absolute Gasteiger partial charge is 0.323 e. The molecule has 0 radical (unpaired) electrons. The summed E-state index contributed by atoms with van der Waals surface area (Å²) in [6.07, 6.45) is 3.10. The Morgan fingerprint density at radius 1 is 1.33 bits per heavy atom. The summed E-state index contributed by atoms with van der Waals surface area (Å²) in [5.74, 6) is 2.19. The summed E-state index contributed by atoms with van der Waals surface area (Å²) in [7, 11) is 1.68. The lowest BCUT2D eigenvalue weighted by Gasteiger charge is -2.31. The van der Waals surface area contributed by atoms with Crippen LogP contribution in [0.5, 0.6) is 5.75 Å². The van der Waals surface area contributed by atoms with Crippen LogP contribution in [-0.2, 0) is 6.42 Å². The van der Waals surface area contributed by atoms with Gasteiger partial charge in [-0.3, -0.25) is 5.32 Å². The minimum Gasteiger partial charge on any atom is -0.497 e. The maximum Gasteiger partial charge on any atom is 0.323 e. The molecular weight excluding hydrogens is 324 g/mol. The van der Waals surface area contributed by atoms with E-state index >= 15 is 0 Å². The van der Waals surface area contributed by atoms with Gasteiger partial charge in [-0.2, -0.15) is 4.37 Å². The van der Waals surface area contributed by atoms with Gasteiger partial charge in [-0.1, -0.05) is 12.1 Å². The van der Waals surface area contributed by atoms with Gasteiger partial charge in [0.25, 0.3) is 0 Å². The first-order valence-electron chi connectivity index (χ1n) is 8.13. The van der Waals surface area contributed by atoms with Gasteiger partial charge in [-0.25, -0.2) is 9.78 Å². The predicted molar refractivity (Wildman–Crippen MR) is 94.7 cm³/mol. The first kappa shape index (κ1) is 16.7. The van der Waals surface area contributed by atoms with Crippen molar-refractivity contribution in [2.24, 2.45) is 5.92 Å². The molecule has 1 N–H and O–H groups in total. The highest BCUT2D eigenvalue weighted by atomic mass is 32.1. The number of likely N-dealkylation sites (tertiary alicyclic amines) is 1. The molecule has 2 aromatic rings. The minimum atomic E-state index is -0.0750. The Bertz CT molecular complexity index is 678. The van der Waals surface area contributed by atoms with Crippen molar-refractivity contribution in [2.45, 2.75) is 26.2 Å². The van der Waals surface area contributed by atoms with Gasteiger partial charge >= 0.3 is 6.03 Å². The molecule has 0 bridgehead atoms. The van der Waals surface area contributed by atoms with E-state index in [2.05, 4.69) is 26.8 Å². The Morgan fingerprint density at radius 3 is 2.62 bits per heavy atom. The number of carbonyl (C=O) groups excluding carboxylic acids is 1. The molecule has 0 saturated carbocycles. The molecule has 1 saturated heterocycles. The third kappa shape index (κ3) is 4.23. The maximum absolute atomic E-state index is 12.3. The fraction of sp³-hybridized carbons (Fsp3) is 0.471. The lowest BCUT2D eigenvalue weighted by atomic mass is 9.90. The average Bonchev–Trinajstić information content (AvgIpc) is 3.01. The van der Waals surface area contributed by atoms with E-state index in [-0.39, 0.29) is 6.03 Å². The number of aryl methyl sites for hydroxylation is 1. The van der Waals surface area contributed by atoms with Crippen molar-refractivity contribution in [3.63, 3.8) is 0 Å². The van der Waals surface area contributed by atoms with Crippen molar-refractivity contribution < 1.29 is 9.53 Å². The van der Waals surface area contributed by atoms with Gasteiger partial charge in [-0.15, -0.1) is 0 Å². The highest BCUT2D eigenvalue weighted by Crippen LogP contribution is 2.23. The number of nitrogens with one attached hydrogen (secondary N) is 1. The fourth-order valence-electron chi connectivity index (χ4n) is 2.95. The molecule has 1 aromatic heterocycles. The van der Waals surface area contributed by atoms with Gasteiger partial charge in [0.05, 0.1) is 7.11 Å². The maximum atomic E-state index is 12.3. The highest BCUT2D eigenvalue weighted by Gasteiger charge is 2.23. The topological polar surface area (TPSA) is 67.3 Å². The normalized spacial score (nSPS) is 15.3. The van der Waals surface area contributed by atoms with Crippen molar-refractivity contribution in [1.29, 1.82) is 0 Å². The Hall–Kier alpha value is -2.15. The predicted octanol–water partition coefficient (Wildman–Crippen LogP) is 3.34. The van der Waals surface area contributed by atoms with Gasteiger partial charge in [-0.05, 0) is 49.8 Å². The van der Waals surface area contributed by atoms with Gasteiger partial charge in [0.15, 0.2) is 0 Å². The quantitative estimate of drug-likeness (QED) is 0.922. The molecular formula is C17H22N4O2S. The van der Waals surface area contributed by atoms with Gasteiger partial charge < -0.3 is 9.64 Å². The van der Waals surface area contributed by atoms with Gasteiger partial charge in [0.1, 0.15) is 11.6 Å².